The number of rotatable bonds is 5. The Kier molecular flexibility index (Phi) is 5.17. The van der Waals surface area contributed by atoms with Crippen LogP contribution < -0.4 is 0 Å². The van der Waals surface area contributed by atoms with Crippen molar-refractivity contribution in [2.45, 2.75) is 39.3 Å². The third kappa shape index (κ3) is 4.07. The van der Waals surface area contributed by atoms with Gasteiger partial charge in [0.05, 0.1) is 0 Å². The third-order valence-corrected chi connectivity index (χ3v) is 3.98. The second kappa shape index (κ2) is 6.88. The molecule has 1 aromatic rings. The van der Waals surface area contributed by atoms with Gasteiger partial charge in [-0.15, -0.1) is 0 Å². The molecule has 5 nitrogen and oxygen atoms in total. The number of aromatic nitrogens is 2. The summed E-state index contributed by atoms with van der Waals surface area (Å²) in [5.74, 6) is 0.863. The quantitative estimate of drug-likeness (QED) is 0.819. The number of carbonyl (C=O) groups excluding carboxylic acids is 1. The summed E-state index contributed by atoms with van der Waals surface area (Å²) in [4.78, 5) is 16.6. The van der Waals surface area contributed by atoms with Gasteiger partial charge in [-0.25, -0.2) is 0 Å². The summed E-state index contributed by atoms with van der Waals surface area (Å²) in [5.41, 5.74) is 0. The summed E-state index contributed by atoms with van der Waals surface area (Å²) in [6.45, 7) is 8.22. The normalized spacial score (nSPS) is 17.6. The zero-order valence-corrected chi connectivity index (χ0v) is 12.8. The Morgan fingerprint density at radius 1 is 1.40 bits per heavy atom. The van der Waals surface area contributed by atoms with E-state index in [1.165, 1.54) is 0 Å². The van der Waals surface area contributed by atoms with Gasteiger partial charge in [0.15, 0.2) is 0 Å². The molecule has 0 unspecified atom stereocenters. The number of hydrogen-bond acceptors (Lipinski definition) is 3. The number of hydrogen-bond donors (Lipinski definition) is 0. The minimum atomic E-state index is 0.149. The first-order valence-electron chi connectivity index (χ1n) is 7.51. The van der Waals surface area contributed by atoms with Crippen LogP contribution in [0, 0.1) is 5.92 Å². The van der Waals surface area contributed by atoms with E-state index in [1.807, 2.05) is 24.2 Å². The molecule has 0 radical (unpaired) electrons. The zero-order valence-electron chi connectivity index (χ0n) is 12.8. The largest absolute Gasteiger partial charge is 0.341 e. The molecule has 0 saturated carbocycles. The molecule has 0 N–H and O–H groups in total. The molecule has 5 heteroatoms. The molecule has 1 aromatic heterocycles. The van der Waals surface area contributed by atoms with E-state index < -0.39 is 0 Å². The van der Waals surface area contributed by atoms with Crippen molar-refractivity contribution in [3.05, 3.63) is 18.5 Å². The molecule has 0 bridgehead atoms. The lowest BCUT2D eigenvalue weighted by atomic mass is 10.0. The van der Waals surface area contributed by atoms with E-state index in [4.69, 9.17) is 0 Å². The lowest BCUT2D eigenvalue weighted by Crippen LogP contribution is -2.47. The van der Waals surface area contributed by atoms with Crippen molar-refractivity contribution in [3.8, 4) is 0 Å². The van der Waals surface area contributed by atoms with Crippen LogP contribution in [-0.2, 0) is 11.3 Å². The molecule has 0 aromatic carbocycles. The molecule has 1 amide bonds. The van der Waals surface area contributed by atoms with Gasteiger partial charge in [0, 0.05) is 45.1 Å². The fourth-order valence-electron chi connectivity index (χ4n) is 2.85. The maximum Gasteiger partial charge on any atom is 0.244 e. The summed E-state index contributed by atoms with van der Waals surface area (Å²) in [7, 11) is 1.93. The molecule has 112 valence electrons. The fraction of sp³-hybridized carbons (Fsp3) is 0.733. The molecule has 1 aliphatic heterocycles. The second-order valence-corrected chi connectivity index (χ2v) is 6.13. The molecule has 0 atom stereocenters. The van der Waals surface area contributed by atoms with Crippen molar-refractivity contribution in [2.75, 3.05) is 26.7 Å². The Bertz CT molecular complexity index is 408. The second-order valence-electron chi connectivity index (χ2n) is 6.13. The van der Waals surface area contributed by atoms with Gasteiger partial charge in [-0.2, -0.15) is 5.10 Å². The first kappa shape index (κ1) is 15.0. The predicted octanol–water partition coefficient (Wildman–Crippen LogP) is 1.46. The Balaban J connectivity index is 1.79. The molecule has 1 saturated heterocycles. The van der Waals surface area contributed by atoms with Crippen LogP contribution in [0.2, 0.25) is 0 Å². The van der Waals surface area contributed by atoms with E-state index in [-0.39, 0.29) is 5.91 Å². The van der Waals surface area contributed by atoms with Crippen molar-refractivity contribution in [1.82, 2.24) is 19.6 Å². The number of carbonyl (C=O) groups is 1. The van der Waals surface area contributed by atoms with Crippen molar-refractivity contribution >= 4 is 5.91 Å². The summed E-state index contributed by atoms with van der Waals surface area (Å²) < 4.78 is 1.69. The molecule has 1 fully saturated rings. The highest BCUT2D eigenvalue weighted by atomic mass is 16.2. The number of piperidine rings is 1. The van der Waals surface area contributed by atoms with Gasteiger partial charge >= 0.3 is 0 Å². The van der Waals surface area contributed by atoms with Crippen molar-refractivity contribution in [2.24, 2.45) is 5.92 Å². The van der Waals surface area contributed by atoms with Crippen LogP contribution in [0.25, 0.3) is 0 Å². The van der Waals surface area contributed by atoms with Gasteiger partial charge in [-0.1, -0.05) is 13.8 Å². The smallest absolute Gasteiger partial charge is 0.244 e. The summed E-state index contributed by atoms with van der Waals surface area (Å²) >= 11 is 0. The monoisotopic (exact) mass is 278 g/mol. The Morgan fingerprint density at radius 2 is 2.10 bits per heavy atom. The molecule has 0 aliphatic carbocycles. The summed E-state index contributed by atoms with van der Waals surface area (Å²) in [5, 5.41) is 4.09. The zero-order chi connectivity index (χ0) is 14.5. The van der Waals surface area contributed by atoms with Gasteiger partial charge in [0.25, 0.3) is 0 Å². The first-order valence-corrected chi connectivity index (χ1v) is 7.51. The van der Waals surface area contributed by atoms with Crippen LogP contribution in [-0.4, -0.2) is 58.2 Å². The number of likely N-dealkylation sites (N-methyl/N-ethyl adjacent to an activating group) is 1. The summed E-state index contributed by atoms with van der Waals surface area (Å²) in [6, 6.07) is 2.22. The van der Waals surface area contributed by atoms with E-state index in [9.17, 15) is 4.79 Å². The molecule has 0 spiro atoms. The van der Waals surface area contributed by atoms with Crippen LogP contribution in [0.4, 0.5) is 0 Å². The highest BCUT2D eigenvalue weighted by Crippen LogP contribution is 2.16. The van der Waals surface area contributed by atoms with Crippen LogP contribution in [0.1, 0.15) is 26.7 Å². The molecular formula is C15H26N4O. The van der Waals surface area contributed by atoms with Crippen LogP contribution in [0.15, 0.2) is 18.5 Å². The number of likely N-dealkylation sites (tertiary alicyclic amines) is 1. The third-order valence-electron chi connectivity index (χ3n) is 3.98. The van der Waals surface area contributed by atoms with Crippen LogP contribution in [0.5, 0.6) is 0 Å². The van der Waals surface area contributed by atoms with Gasteiger partial charge < -0.3 is 9.80 Å². The van der Waals surface area contributed by atoms with Crippen molar-refractivity contribution in [3.63, 3.8) is 0 Å². The van der Waals surface area contributed by atoms with Crippen LogP contribution >= 0.6 is 0 Å². The SMILES string of the molecule is CC(C)CN1CCC(N(C)C(=O)Cn2cccn2)CC1. The average molecular weight is 278 g/mol. The van der Waals surface area contributed by atoms with Crippen molar-refractivity contribution in [1.29, 1.82) is 0 Å². The van der Waals surface area contributed by atoms with Gasteiger partial charge in [0.2, 0.25) is 5.91 Å². The minimum absolute atomic E-state index is 0.149. The lowest BCUT2D eigenvalue weighted by molar-refractivity contribution is -0.133. The lowest BCUT2D eigenvalue weighted by Gasteiger charge is -2.37. The molecule has 2 rings (SSSR count). The molecule has 2 heterocycles. The van der Waals surface area contributed by atoms with Gasteiger partial charge in [0.1, 0.15) is 6.54 Å². The maximum absolute atomic E-state index is 12.2. The maximum atomic E-state index is 12.2. The molecule has 1 aliphatic rings. The average Bonchev–Trinajstić information content (AvgIpc) is 2.91. The fourth-order valence-corrected chi connectivity index (χ4v) is 2.85. The Hall–Kier alpha value is -1.36. The van der Waals surface area contributed by atoms with E-state index in [1.54, 1.807) is 10.9 Å². The first-order chi connectivity index (χ1) is 9.56. The van der Waals surface area contributed by atoms with E-state index in [2.05, 4.69) is 23.8 Å². The van der Waals surface area contributed by atoms with Gasteiger partial charge in [-0.05, 0) is 24.8 Å². The van der Waals surface area contributed by atoms with Gasteiger partial charge in [-0.3, -0.25) is 9.48 Å². The highest BCUT2D eigenvalue weighted by molar-refractivity contribution is 5.75. The molecule has 20 heavy (non-hydrogen) atoms. The van der Waals surface area contributed by atoms with E-state index in [0.717, 1.165) is 32.5 Å². The Morgan fingerprint density at radius 3 is 2.65 bits per heavy atom. The van der Waals surface area contributed by atoms with E-state index >= 15 is 0 Å². The standard InChI is InChI=1S/C15H26N4O/c1-13(2)11-18-9-5-14(6-10-18)17(3)15(20)12-19-8-4-7-16-19/h4,7-8,13-14H,5-6,9-12H2,1-3H3. The summed E-state index contributed by atoms with van der Waals surface area (Å²) in [6.07, 6.45) is 5.69. The molecular weight excluding hydrogens is 252 g/mol. The predicted molar refractivity (Wildman–Crippen MR) is 79.3 cm³/mol. The minimum Gasteiger partial charge on any atom is -0.341 e. The number of nitrogens with zero attached hydrogens (tertiary/aromatic N) is 4. The highest BCUT2D eigenvalue weighted by Gasteiger charge is 2.25. The van der Waals surface area contributed by atoms with Crippen molar-refractivity contribution < 1.29 is 4.79 Å². The topological polar surface area (TPSA) is 41.4 Å². The Labute approximate surface area is 121 Å². The number of amides is 1. The van der Waals surface area contributed by atoms with Crippen LogP contribution in [0.3, 0.4) is 0 Å². The van der Waals surface area contributed by atoms with E-state index in [0.29, 0.717) is 18.5 Å².